The molecule has 0 aromatic heterocycles. The first-order valence-corrected chi connectivity index (χ1v) is 6.19. The molecule has 9 nitrogen and oxygen atoms in total. The molecule has 0 spiro atoms. The van der Waals surface area contributed by atoms with Crippen molar-refractivity contribution in [3.05, 3.63) is 33.9 Å². The molecule has 4 N–H and O–H groups in total. The molecule has 0 saturated carbocycles. The average Bonchev–Trinajstić information content (AvgIpc) is 2.49. The van der Waals surface area contributed by atoms with E-state index in [1.165, 1.54) is 30.2 Å². The number of nitrogens with one attached hydrogen (secondary N) is 1. The molecule has 1 rings (SSSR count). The molecule has 0 aliphatic carbocycles. The van der Waals surface area contributed by atoms with Gasteiger partial charge >= 0.3 is 0 Å². The van der Waals surface area contributed by atoms with Crippen molar-refractivity contribution in [2.75, 3.05) is 38.8 Å². The maximum Gasteiger partial charge on any atom is 0.282 e. The molecule has 0 unspecified atom stereocenters. The third-order valence-electron chi connectivity index (χ3n) is 2.81. The third-order valence-corrected chi connectivity index (χ3v) is 2.81. The van der Waals surface area contributed by atoms with Crippen LogP contribution in [0.15, 0.2) is 18.2 Å². The maximum absolute atomic E-state index is 12.4. The van der Waals surface area contributed by atoms with Gasteiger partial charge in [-0.05, 0) is 12.1 Å². The average molecular weight is 298 g/mol. The van der Waals surface area contributed by atoms with Crippen molar-refractivity contribution in [2.45, 2.75) is 0 Å². The number of nitrogens with zero attached hydrogens (tertiary/aromatic N) is 2. The molecule has 0 heterocycles. The van der Waals surface area contributed by atoms with E-state index in [1.54, 1.807) is 0 Å². The molecule has 1 aromatic carbocycles. The fourth-order valence-electron chi connectivity index (χ4n) is 1.76. The minimum atomic E-state index is -0.638. The minimum Gasteiger partial charge on any atom is -0.395 e. The lowest BCUT2D eigenvalue weighted by Gasteiger charge is -2.21. The Labute approximate surface area is 121 Å². The van der Waals surface area contributed by atoms with Crippen LogP contribution in [0.2, 0.25) is 0 Å². The highest BCUT2D eigenvalue weighted by molar-refractivity contribution is 5.99. The standard InChI is InChI=1S/C12H18N4O5/c1-21-7-5-15(4-6-17)12(18)10-8-9(14-13)2-3-11(10)16(19)20/h2-3,8,14,17H,4-7,13H2,1H3. The van der Waals surface area contributed by atoms with Gasteiger partial charge in [0.1, 0.15) is 5.56 Å². The van der Waals surface area contributed by atoms with E-state index in [4.69, 9.17) is 15.7 Å². The Morgan fingerprint density at radius 3 is 2.76 bits per heavy atom. The van der Waals surface area contributed by atoms with Crippen LogP contribution >= 0.6 is 0 Å². The minimum absolute atomic E-state index is 0.0552. The van der Waals surface area contributed by atoms with Crippen LogP contribution in [0, 0.1) is 10.1 Å². The molecular weight excluding hydrogens is 280 g/mol. The quantitative estimate of drug-likeness (QED) is 0.348. The van der Waals surface area contributed by atoms with Crippen LogP contribution in [0.25, 0.3) is 0 Å². The van der Waals surface area contributed by atoms with Gasteiger partial charge < -0.3 is 20.2 Å². The molecule has 0 saturated heterocycles. The number of amides is 1. The number of benzene rings is 1. The number of rotatable bonds is 8. The van der Waals surface area contributed by atoms with Crippen molar-refractivity contribution in [3.8, 4) is 0 Å². The Morgan fingerprint density at radius 1 is 1.52 bits per heavy atom. The highest BCUT2D eigenvalue weighted by Gasteiger charge is 2.24. The van der Waals surface area contributed by atoms with Gasteiger partial charge in [-0.3, -0.25) is 20.8 Å². The van der Waals surface area contributed by atoms with Crippen LogP contribution < -0.4 is 11.3 Å². The van der Waals surface area contributed by atoms with Crippen LogP contribution in [0.4, 0.5) is 11.4 Å². The predicted octanol–water partition coefficient (Wildman–Crippen LogP) is -0.0387. The van der Waals surface area contributed by atoms with Gasteiger partial charge in [-0.2, -0.15) is 0 Å². The SMILES string of the molecule is COCCN(CCO)C(=O)c1cc(NN)ccc1[N+](=O)[O-]. The first kappa shape index (κ1) is 16.8. The number of nitro groups is 1. The maximum atomic E-state index is 12.4. The molecule has 0 radical (unpaired) electrons. The van der Waals surface area contributed by atoms with E-state index >= 15 is 0 Å². The van der Waals surface area contributed by atoms with E-state index in [-0.39, 0.29) is 37.6 Å². The summed E-state index contributed by atoms with van der Waals surface area (Å²) in [5.41, 5.74) is 2.29. The van der Waals surface area contributed by atoms with Crippen LogP contribution in [0.3, 0.4) is 0 Å². The van der Waals surface area contributed by atoms with Gasteiger partial charge in [-0.15, -0.1) is 0 Å². The zero-order valence-corrected chi connectivity index (χ0v) is 11.6. The molecule has 116 valence electrons. The van der Waals surface area contributed by atoms with E-state index in [1.807, 2.05) is 0 Å². The highest BCUT2D eigenvalue weighted by atomic mass is 16.6. The van der Waals surface area contributed by atoms with Crippen LogP contribution in [-0.2, 0) is 4.74 Å². The van der Waals surface area contributed by atoms with E-state index in [0.29, 0.717) is 5.69 Å². The van der Waals surface area contributed by atoms with Crippen molar-refractivity contribution in [1.82, 2.24) is 4.90 Å². The van der Waals surface area contributed by atoms with Crippen molar-refractivity contribution < 1.29 is 19.6 Å². The van der Waals surface area contributed by atoms with E-state index < -0.39 is 10.8 Å². The summed E-state index contributed by atoms with van der Waals surface area (Å²) in [5, 5.41) is 20.0. The summed E-state index contributed by atoms with van der Waals surface area (Å²) in [6.45, 7) is 0.277. The number of nitro benzene ring substituents is 1. The number of carbonyl (C=O) groups excluding carboxylic acids is 1. The number of aliphatic hydroxyl groups is 1. The number of nitrogen functional groups attached to an aromatic ring is 1. The summed E-state index contributed by atoms with van der Waals surface area (Å²) in [7, 11) is 1.48. The molecule has 1 amide bonds. The van der Waals surface area contributed by atoms with E-state index in [2.05, 4.69) is 5.43 Å². The molecule has 0 aliphatic heterocycles. The van der Waals surface area contributed by atoms with Gasteiger partial charge in [0.05, 0.1) is 18.1 Å². The van der Waals surface area contributed by atoms with Gasteiger partial charge in [0.25, 0.3) is 11.6 Å². The summed E-state index contributed by atoms with van der Waals surface area (Å²) in [6.07, 6.45) is 0. The predicted molar refractivity (Wildman–Crippen MR) is 75.8 cm³/mol. The van der Waals surface area contributed by atoms with Crippen molar-refractivity contribution in [3.63, 3.8) is 0 Å². The Bertz CT molecular complexity index is 508. The van der Waals surface area contributed by atoms with Crippen LogP contribution in [-0.4, -0.2) is 54.3 Å². The van der Waals surface area contributed by atoms with Gasteiger partial charge in [0, 0.05) is 32.0 Å². The first-order valence-electron chi connectivity index (χ1n) is 6.19. The first-order chi connectivity index (χ1) is 10.0. The Kier molecular flexibility index (Phi) is 6.53. The smallest absolute Gasteiger partial charge is 0.282 e. The number of hydrogen-bond donors (Lipinski definition) is 3. The summed E-state index contributed by atoms with van der Waals surface area (Å²) < 4.78 is 4.89. The zero-order valence-electron chi connectivity index (χ0n) is 11.6. The lowest BCUT2D eigenvalue weighted by atomic mass is 10.1. The van der Waals surface area contributed by atoms with Crippen molar-refractivity contribution in [1.29, 1.82) is 0 Å². The number of hydrazine groups is 1. The monoisotopic (exact) mass is 298 g/mol. The summed E-state index contributed by atoms with van der Waals surface area (Å²) in [4.78, 5) is 24.1. The molecule has 9 heteroatoms. The summed E-state index contributed by atoms with van der Waals surface area (Å²) >= 11 is 0. The molecule has 0 fully saturated rings. The molecule has 0 atom stereocenters. The number of anilines is 1. The second-order valence-corrected chi connectivity index (χ2v) is 4.14. The largest absolute Gasteiger partial charge is 0.395 e. The third kappa shape index (κ3) is 4.38. The second-order valence-electron chi connectivity index (χ2n) is 4.14. The van der Waals surface area contributed by atoms with Gasteiger partial charge in [0.2, 0.25) is 0 Å². The molecule has 21 heavy (non-hydrogen) atoms. The topological polar surface area (TPSA) is 131 Å². The molecular formula is C12H18N4O5. The lowest BCUT2D eigenvalue weighted by Crippen LogP contribution is -2.36. The fraction of sp³-hybridized carbons (Fsp3) is 0.417. The highest BCUT2D eigenvalue weighted by Crippen LogP contribution is 2.23. The molecule has 1 aromatic rings. The van der Waals surface area contributed by atoms with Gasteiger partial charge in [-0.25, -0.2) is 0 Å². The number of ether oxygens (including phenoxy) is 1. The summed E-state index contributed by atoms with van der Waals surface area (Å²) in [5.74, 6) is 4.69. The number of carbonyl (C=O) groups is 1. The number of nitrogens with two attached hydrogens (primary N) is 1. The summed E-state index contributed by atoms with van der Waals surface area (Å²) in [6, 6.07) is 3.91. The Morgan fingerprint density at radius 2 is 2.24 bits per heavy atom. The second kappa shape index (κ2) is 8.15. The lowest BCUT2D eigenvalue weighted by molar-refractivity contribution is -0.385. The van der Waals surface area contributed by atoms with Crippen LogP contribution in [0.5, 0.6) is 0 Å². The Balaban J connectivity index is 3.14. The fourth-order valence-corrected chi connectivity index (χ4v) is 1.76. The van der Waals surface area contributed by atoms with E-state index in [9.17, 15) is 14.9 Å². The van der Waals surface area contributed by atoms with Gasteiger partial charge in [0.15, 0.2) is 0 Å². The van der Waals surface area contributed by atoms with E-state index in [0.717, 1.165) is 0 Å². The van der Waals surface area contributed by atoms with Gasteiger partial charge in [-0.1, -0.05) is 0 Å². The number of aliphatic hydroxyl groups excluding tert-OH is 1. The van der Waals surface area contributed by atoms with Crippen molar-refractivity contribution >= 4 is 17.3 Å². The Hall–Kier alpha value is -2.23. The molecule has 0 bridgehead atoms. The number of hydrogen-bond acceptors (Lipinski definition) is 7. The van der Waals surface area contributed by atoms with Crippen LogP contribution in [0.1, 0.15) is 10.4 Å². The van der Waals surface area contributed by atoms with Crippen molar-refractivity contribution in [2.24, 2.45) is 5.84 Å². The normalized spacial score (nSPS) is 10.2. The zero-order chi connectivity index (χ0) is 15.8. The number of methoxy groups -OCH3 is 1. The molecule has 0 aliphatic rings.